The minimum Gasteiger partial charge on any atom is -0.325 e. The molecule has 4 nitrogen and oxygen atoms in total. The second-order valence-corrected chi connectivity index (χ2v) is 7.08. The normalized spacial score (nSPS) is 14.9. The van der Waals surface area contributed by atoms with E-state index in [4.69, 9.17) is 4.98 Å². The van der Waals surface area contributed by atoms with Crippen molar-refractivity contribution >= 4 is 45.6 Å². The number of para-hydroxylation sites is 2. The lowest BCUT2D eigenvalue weighted by atomic mass is 9.97. The molecule has 25 heavy (non-hydrogen) atoms. The van der Waals surface area contributed by atoms with Gasteiger partial charge in [-0.25, -0.2) is 4.98 Å². The van der Waals surface area contributed by atoms with Crippen LogP contribution in [0.3, 0.4) is 0 Å². The minimum absolute atomic E-state index is 0. The highest BCUT2D eigenvalue weighted by molar-refractivity contribution is 7.21. The molecule has 0 atom stereocenters. The number of halogens is 1. The van der Waals surface area contributed by atoms with Gasteiger partial charge in [0.05, 0.1) is 15.9 Å². The zero-order chi connectivity index (χ0) is 16.4. The van der Waals surface area contributed by atoms with Gasteiger partial charge in [0.1, 0.15) is 5.01 Å². The molecule has 1 amide bonds. The predicted molar refractivity (Wildman–Crippen MR) is 107 cm³/mol. The van der Waals surface area contributed by atoms with Crippen molar-refractivity contribution in [2.45, 2.75) is 12.8 Å². The highest BCUT2D eigenvalue weighted by Gasteiger charge is 2.22. The fraction of sp³-hybridized carbons (Fsp3) is 0.263. The average molecular weight is 374 g/mol. The molecule has 2 heterocycles. The molecule has 2 aromatic carbocycles. The largest absolute Gasteiger partial charge is 0.325 e. The molecule has 0 spiro atoms. The Balaban J connectivity index is 0.00000182. The van der Waals surface area contributed by atoms with E-state index in [9.17, 15) is 4.79 Å². The Bertz CT molecular complexity index is 841. The fourth-order valence-electron chi connectivity index (χ4n) is 3.08. The Morgan fingerprint density at radius 2 is 1.80 bits per heavy atom. The molecule has 130 valence electrons. The number of anilines is 1. The summed E-state index contributed by atoms with van der Waals surface area (Å²) < 4.78 is 1.16. The number of thiazole rings is 1. The number of benzene rings is 2. The SMILES string of the molecule is Cl.O=C(Nc1ccccc1-c1nc2ccccc2s1)C1CCNCC1. The Morgan fingerprint density at radius 3 is 2.60 bits per heavy atom. The van der Waals surface area contributed by atoms with Crippen LogP contribution in [0, 0.1) is 5.92 Å². The lowest BCUT2D eigenvalue weighted by Crippen LogP contribution is -2.34. The van der Waals surface area contributed by atoms with Gasteiger partial charge >= 0.3 is 0 Å². The van der Waals surface area contributed by atoms with Crippen LogP contribution < -0.4 is 10.6 Å². The number of hydrogen-bond donors (Lipinski definition) is 2. The predicted octanol–water partition coefficient (Wildman–Crippen LogP) is 4.32. The lowest BCUT2D eigenvalue weighted by Gasteiger charge is -2.22. The van der Waals surface area contributed by atoms with Crippen molar-refractivity contribution in [3.8, 4) is 10.6 Å². The van der Waals surface area contributed by atoms with Crippen molar-refractivity contribution in [2.75, 3.05) is 18.4 Å². The molecular weight excluding hydrogens is 354 g/mol. The van der Waals surface area contributed by atoms with Gasteiger partial charge in [-0.05, 0) is 50.2 Å². The second-order valence-electron chi connectivity index (χ2n) is 6.05. The van der Waals surface area contributed by atoms with Crippen LogP contribution in [0.15, 0.2) is 48.5 Å². The molecule has 0 bridgehead atoms. The quantitative estimate of drug-likeness (QED) is 0.718. The standard InChI is InChI=1S/C19H19N3OS.ClH/c23-18(13-9-11-20-12-10-13)21-15-6-2-1-5-14(15)19-22-16-7-3-4-8-17(16)24-19;/h1-8,13,20H,9-12H2,(H,21,23);1H. The van der Waals surface area contributed by atoms with Gasteiger partial charge in [-0.2, -0.15) is 0 Å². The van der Waals surface area contributed by atoms with E-state index in [0.717, 1.165) is 52.4 Å². The fourth-order valence-corrected chi connectivity index (χ4v) is 4.09. The number of nitrogens with zero attached hydrogens (tertiary/aromatic N) is 1. The van der Waals surface area contributed by atoms with Crippen molar-refractivity contribution in [2.24, 2.45) is 5.92 Å². The first-order valence-electron chi connectivity index (χ1n) is 8.28. The Kier molecular flexibility index (Phi) is 5.68. The van der Waals surface area contributed by atoms with Crippen LogP contribution in [0.4, 0.5) is 5.69 Å². The van der Waals surface area contributed by atoms with Crippen molar-refractivity contribution in [3.05, 3.63) is 48.5 Å². The molecule has 0 saturated carbocycles. The summed E-state index contributed by atoms with van der Waals surface area (Å²) in [7, 11) is 0. The number of piperidine rings is 1. The second kappa shape index (κ2) is 7.95. The topological polar surface area (TPSA) is 54.0 Å². The molecule has 1 aromatic heterocycles. The van der Waals surface area contributed by atoms with E-state index in [1.807, 2.05) is 42.5 Å². The number of carbonyl (C=O) groups is 1. The smallest absolute Gasteiger partial charge is 0.227 e. The van der Waals surface area contributed by atoms with E-state index >= 15 is 0 Å². The molecule has 1 aliphatic heterocycles. The molecule has 6 heteroatoms. The van der Waals surface area contributed by atoms with Crippen LogP contribution in [0.1, 0.15) is 12.8 Å². The number of rotatable bonds is 3. The first-order valence-corrected chi connectivity index (χ1v) is 9.09. The number of aromatic nitrogens is 1. The number of amides is 1. The van der Waals surface area contributed by atoms with E-state index in [-0.39, 0.29) is 24.2 Å². The molecule has 2 N–H and O–H groups in total. The molecule has 3 aromatic rings. The van der Waals surface area contributed by atoms with Gasteiger partial charge in [0.2, 0.25) is 5.91 Å². The van der Waals surface area contributed by atoms with Gasteiger partial charge in [-0.1, -0.05) is 24.3 Å². The molecule has 1 fully saturated rings. The van der Waals surface area contributed by atoms with Gasteiger partial charge in [0.15, 0.2) is 0 Å². The third-order valence-corrected chi connectivity index (χ3v) is 5.49. The molecule has 0 unspecified atom stereocenters. The summed E-state index contributed by atoms with van der Waals surface area (Å²) in [4.78, 5) is 17.3. The van der Waals surface area contributed by atoms with E-state index in [0.29, 0.717) is 0 Å². The van der Waals surface area contributed by atoms with Crippen molar-refractivity contribution in [1.29, 1.82) is 0 Å². The van der Waals surface area contributed by atoms with Crippen LogP contribution >= 0.6 is 23.7 Å². The third-order valence-electron chi connectivity index (χ3n) is 4.42. The van der Waals surface area contributed by atoms with E-state index in [2.05, 4.69) is 16.7 Å². The maximum Gasteiger partial charge on any atom is 0.227 e. The van der Waals surface area contributed by atoms with E-state index in [1.54, 1.807) is 11.3 Å². The zero-order valence-corrected chi connectivity index (χ0v) is 15.3. The van der Waals surface area contributed by atoms with Crippen LogP contribution in [0.25, 0.3) is 20.8 Å². The maximum absolute atomic E-state index is 12.6. The van der Waals surface area contributed by atoms with Crippen molar-refractivity contribution < 1.29 is 4.79 Å². The summed E-state index contributed by atoms with van der Waals surface area (Å²) in [5, 5.41) is 7.36. The number of hydrogen-bond acceptors (Lipinski definition) is 4. The Morgan fingerprint density at radius 1 is 1.08 bits per heavy atom. The molecular formula is C19H20ClN3OS. The van der Waals surface area contributed by atoms with E-state index in [1.165, 1.54) is 0 Å². The first kappa shape index (κ1) is 17.9. The molecule has 0 aliphatic carbocycles. The summed E-state index contributed by atoms with van der Waals surface area (Å²) in [6.45, 7) is 1.83. The molecule has 4 rings (SSSR count). The number of carbonyl (C=O) groups excluding carboxylic acids is 1. The van der Waals surface area contributed by atoms with Gasteiger partial charge in [-0.3, -0.25) is 4.79 Å². The van der Waals surface area contributed by atoms with Crippen molar-refractivity contribution in [3.63, 3.8) is 0 Å². The van der Waals surface area contributed by atoms with Crippen molar-refractivity contribution in [1.82, 2.24) is 10.3 Å². The van der Waals surface area contributed by atoms with Crippen LogP contribution in [-0.2, 0) is 4.79 Å². The molecule has 1 saturated heterocycles. The Hall–Kier alpha value is -1.95. The highest BCUT2D eigenvalue weighted by Crippen LogP contribution is 2.34. The monoisotopic (exact) mass is 373 g/mol. The Labute approximate surface area is 157 Å². The highest BCUT2D eigenvalue weighted by atomic mass is 35.5. The van der Waals surface area contributed by atoms with Gasteiger partial charge in [-0.15, -0.1) is 23.7 Å². The first-order chi connectivity index (χ1) is 11.8. The summed E-state index contributed by atoms with van der Waals surface area (Å²) in [5.41, 5.74) is 2.83. The number of fused-ring (bicyclic) bond motifs is 1. The van der Waals surface area contributed by atoms with Crippen LogP contribution in [-0.4, -0.2) is 24.0 Å². The lowest BCUT2D eigenvalue weighted by molar-refractivity contribution is -0.120. The maximum atomic E-state index is 12.6. The molecule has 0 radical (unpaired) electrons. The van der Waals surface area contributed by atoms with Gasteiger partial charge < -0.3 is 10.6 Å². The zero-order valence-electron chi connectivity index (χ0n) is 13.7. The summed E-state index contributed by atoms with van der Waals surface area (Å²) in [6, 6.07) is 16.0. The van der Waals surface area contributed by atoms with Gasteiger partial charge in [0.25, 0.3) is 0 Å². The van der Waals surface area contributed by atoms with Crippen LogP contribution in [0.2, 0.25) is 0 Å². The van der Waals surface area contributed by atoms with Crippen LogP contribution in [0.5, 0.6) is 0 Å². The summed E-state index contributed by atoms with van der Waals surface area (Å²) >= 11 is 1.65. The molecule has 1 aliphatic rings. The van der Waals surface area contributed by atoms with E-state index < -0.39 is 0 Å². The van der Waals surface area contributed by atoms with Gasteiger partial charge in [0, 0.05) is 11.5 Å². The summed E-state index contributed by atoms with van der Waals surface area (Å²) in [6.07, 6.45) is 1.80. The number of nitrogens with one attached hydrogen (secondary N) is 2. The minimum atomic E-state index is 0. The third kappa shape index (κ3) is 3.84. The average Bonchev–Trinajstić information content (AvgIpc) is 3.07. The summed E-state index contributed by atoms with van der Waals surface area (Å²) in [5.74, 6) is 0.208.